The molecule has 94 valence electrons. The van der Waals surface area contributed by atoms with E-state index in [0.29, 0.717) is 16.7 Å². The van der Waals surface area contributed by atoms with Gasteiger partial charge in [0.25, 0.3) is 0 Å². The topological polar surface area (TPSA) is 61.5 Å². The maximum absolute atomic E-state index is 11.2. The summed E-state index contributed by atoms with van der Waals surface area (Å²) in [5.41, 5.74) is 5.32. The molecule has 0 saturated heterocycles. The number of carbonyl (C=O) groups excluding carboxylic acids is 1. The van der Waals surface area contributed by atoms with Gasteiger partial charge < -0.3 is 15.2 Å². The maximum atomic E-state index is 11.2. The standard InChI is InChI=1S/C11H13Cl2NO3/c1-16-9(12)6-3-4-7(11(14)15)8(5-6)10(13)17-2/h3-5,9-10H,1-2H3,(H2,14,15). The molecule has 0 radical (unpaired) electrons. The molecule has 1 amide bonds. The Morgan fingerprint density at radius 3 is 2.29 bits per heavy atom. The first kappa shape index (κ1) is 14.3. The molecule has 0 bridgehead atoms. The average molecular weight is 278 g/mol. The first-order valence-corrected chi connectivity index (χ1v) is 5.66. The first-order chi connectivity index (χ1) is 8.01. The highest BCUT2D eigenvalue weighted by atomic mass is 35.5. The zero-order chi connectivity index (χ0) is 13.0. The predicted octanol–water partition coefficient (Wildman–Crippen LogP) is 2.55. The van der Waals surface area contributed by atoms with Crippen LogP contribution in [0.2, 0.25) is 0 Å². The third-order valence-electron chi connectivity index (χ3n) is 2.26. The van der Waals surface area contributed by atoms with Gasteiger partial charge in [-0.25, -0.2) is 0 Å². The lowest BCUT2D eigenvalue weighted by Gasteiger charge is -2.15. The van der Waals surface area contributed by atoms with Crippen LogP contribution in [0.4, 0.5) is 0 Å². The molecule has 17 heavy (non-hydrogen) atoms. The van der Waals surface area contributed by atoms with Crippen LogP contribution in [-0.4, -0.2) is 20.1 Å². The van der Waals surface area contributed by atoms with Crippen LogP contribution in [-0.2, 0) is 9.47 Å². The van der Waals surface area contributed by atoms with E-state index in [4.69, 9.17) is 38.4 Å². The second kappa shape index (κ2) is 6.21. The number of methoxy groups -OCH3 is 2. The molecule has 6 heteroatoms. The summed E-state index contributed by atoms with van der Waals surface area (Å²) in [5, 5.41) is 0. The molecule has 2 N–H and O–H groups in total. The van der Waals surface area contributed by atoms with E-state index in [9.17, 15) is 4.79 Å². The number of primary amides is 1. The Kier molecular flexibility index (Phi) is 5.21. The van der Waals surface area contributed by atoms with Crippen LogP contribution in [0, 0.1) is 0 Å². The molecule has 2 unspecified atom stereocenters. The first-order valence-electron chi connectivity index (χ1n) is 4.78. The number of nitrogens with two attached hydrogens (primary N) is 1. The van der Waals surface area contributed by atoms with Gasteiger partial charge in [0, 0.05) is 25.3 Å². The van der Waals surface area contributed by atoms with Crippen molar-refractivity contribution in [1.29, 1.82) is 0 Å². The fourth-order valence-electron chi connectivity index (χ4n) is 1.40. The van der Waals surface area contributed by atoms with Crippen LogP contribution in [0.1, 0.15) is 32.6 Å². The van der Waals surface area contributed by atoms with Crippen molar-refractivity contribution in [1.82, 2.24) is 0 Å². The minimum Gasteiger partial charge on any atom is -0.366 e. The van der Waals surface area contributed by atoms with Gasteiger partial charge in [0.2, 0.25) is 5.91 Å². The zero-order valence-electron chi connectivity index (χ0n) is 9.44. The van der Waals surface area contributed by atoms with Crippen molar-refractivity contribution in [2.24, 2.45) is 5.73 Å². The van der Waals surface area contributed by atoms with Crippen LogP contribution in [0.15, 0.2) is 18.2 Å². The van der Waals surface area contributed by atoms with Gasteiger partial charge in [-0.05, 0) is 17.7 Å². The molecule has 0 aliphatic heterocycles. The number of hydrogen-bond acceptors (Lipinski definition) is 3. The fraction of sp³-hybridized carbons (Fsp3) is 0.364. The van der Waals surface area contributed by atoms with Crippen LogP contribution in [0.5, 0.6) is 0 Å². The SMILES string of the molecule is COC(Cl)c1ccc(C(N)=O)c(C(Cl)OC)c1. The number of alkyl halides is 2. The number of hydrogen-bond donors (Lipinski definition) is 1. The summed E-state index contributed by atoms with van der Waals surface area (Å²) >= 11 is 11.9. The van der Waals surface area contributed by atoms with Crippen molar-refractivity contribution in [3.8, 4) is 0 Å². The smallest absolute Gasteiger partial charge is 0.249 e. The summed E-state index contributed by atoms with van der Waals surface area (Å²) in [7, 11) is 2.91. The molecule has 0 aliphatic carbocycles. The molecule has 0 spiro atoms. The monoisotopic (exact) mass is 277 g/mol. The predicted molar refractivity (Wildman–Crippen MR) is 66.2 cm³/mol. The summed E-state index contributed by atoms with van der Waals surface area (Å²) in [6.45, 7) is 0. The number of amides is 1. The normalized spacial score (nSPS) is 14.4. The van der Waals surface area contributed by atoms with Gasteiger partial charge in [0.05, 0.1) is 0 Å². The van der Waals surface area contributed by atoms with Gasteiger partial charge in [0.15, 0.2) is 11.1 Å². The van der Waals surface area contributed by atoms with Gasteiger partial charge >= 0.3 is 0 Å². The molecular formula is C11H13Cl2NO3. The molecular weight excluding hydrogens is 265 g/mol. The third-order valence-corrected chi connectivity index (χ3v) is 3.10. The van der Waals surface area contributed by atoms with Gasteiger partial charge in [-0.15, -0.1) is 0 Å². The average Bonchev–Trinajstić information content (AvgIpc) is 2.35. The van der Waals surface area contributed by atoms with E-state index in [1.807, 2.05) is 0 Å². The van der Waals surface area contributed by atoms with Gasteiger partial charge in [-0.2, -0.15) is 0 Å². The molecule has 4 nitrogen and oxygen atoms in total. The van der Waals surface area contributed by atoms with E-state index in [1.165, 1.54) is 14.2 Å². The second-order valence-corrected chi connectivity index (χ2v) is 4.11. The van der Waals surface area contributed by atoms with Crippen molar-refractivity contribution >= 4 is 29.1 Å². The highest BCUT2D eigenvalue weighted by Gasteiger charge is 2.18. The molecule has 0 fully saturated rings. The molecule has 0 aliphatic rings. The van der Waals surface area contributed by atoms with E-state index >= 15 is 0 Å². The van der Waals surface area contributed by atoms with Crippen molar-refractivity contribution in [3.05, 3.63) is 34.9 Å². The largest absolute Gasteiger partial charge is 0.366 e. The molecule has 1 rings (SSSR count). The quantitative estimate of drug-likeness (QED) is 0.842. The van der Waals surface area contributed by atoms with Crippen molar-refractivity contribution in [3.63, 3.8) is 0 Å². The Hall–Kier alpha value is -0.810. The Balaban J connectivity index is 3.23. The van der Waals surface area contributed by atoms with Crippen molar-refractivity contribution < 1.29 is 14.3 Å². The van der Waals surface area contributed by atoms with Gasteiger partial charge in [-0.1, -0.05) is 29.3 Å². The lowest BCUT2D eigenvalue weighted by molar-refractivity contribution is 0.0993. The summed E-state index contributed by atoms with van der Waals surface area (Å²) in [6, 6.07) is 4.85. The van der Waals surface area contributed by atoms with Crippen LogP contribution in [0.25, 0.3) is 0 Å². The maximum Gasteiger partial charge on any atom is 0.249 e. The minimum atomic E-state index is -0.766. The van der Waals surface area contributed by atoms with E-state index in [0.717, 1.165) is 0 Å². The number of ether oxygens (including phenoxy) is 2. The Labute approximate surface area is 110 Å². The van der Waals surface area contributed by atoms with Gasteiger partial charge in [-0.3, -0.25) is 4.79 Å². The molecule has 0 saturated carbocycles. The summed E-state index contributed by atoms with van der Waals surface area (Å²) < 4.78 is 9.94. The molecule has 2 atom stereocenters. The summed E-state index contributed by atoms with van der Waals surface area (Å²) in [6.07, 6.45) is 0. The fourth-order valence-corrected chi connectivity index (χ4v) is 1.71. The molecule has 0 aromatic heterocycles. The lowest BCUT2D eigenvalue weighted by Crippen LogP contribution is -2.15. The van der Waals surface area contributed by atoms with E-state index in [1.54, 1.807) is 18.2 Å². The minimum absolute atomic E-state index is 0.301. The molecule has 1 aromatic carbocycles. The zero-order valence-corrected chi connectivity index (χ0v) is 11.0. The van der Waals surface area contributed by atoms with E-state index < -0.39 is 17.0 Å². The van der Waals surface area contributed by atoms with Crippen LogP contribution in [0.3, 0.4) is 0 Å². The Morgan fingerprint density at radius 1 is 1.24 bits per heavy atom. The third kappa shape index (κ3) is 3.33. The highest BCUT2D eigenvalue weighted by Crippen LogP contribution is 2.29. The second-order valence-electron chi connectivity index (χ2n) is 3.31. The number of benzene rings is 1. The van der Waals surface area contributed by atoms with E-state index in [2.05, 4.69) is 0 Å². The summed E-state index contributed by atoms with van der Waals surface area (Å²) in [5.74, 6) is -0.571. The Morgan fingerprint density at radius 2 is 1.82 bits per heavy atom. The number of carbonyl (C=O) groups is 1. The Bertz CT molecular complexity index is 412. The van der Waals surface area contributed by atoms with Crippen molar-refractivity contribution in [2.75, 3.05) is 14.2 Å². The van der Waals surface area contributed by atoms with Crippen LogP contribution >= 0.6 is 23.2 Å². The summed E-state index contributed by atoms with van der Waals surface area (Å²) in [4.78, 5) is 11.2. The number of halogens is 2. The van der Waals surface area contributed by atoms with Gasteiger partial charge in [0.1, 0.15) is 0 Å². The lowest BCUT2D eigenvalue weighted by atomic mass is 10.0. The molecule has 0 heterocycles. The van der Waals surface area contributed by atoms with Crippen molar-refractivity contribution in [2.45, 2.75) is 11.1 Å². The molecule has 1 aromatic rings. The highest BCUT2D eigenvalue weighted by molar-refractivity contribution is 6.21. The van der Waals surface area contributed by atoms with E-state index in [-0.39, 0.29) is 0 Å². The number of rotatable bonds is 5. The van der Waals surface area contributed by atoms with Crippen LogP contribution < -0.4 is 5.73 Å².